The summed E-state index contributed by atoms with van der Waals surface area (Å²) >= 11 is 0. The van der Waals surface area contributed by atoms with E-state index in [0.29, 0.717) is 12.8 Å². The highest BCUT2D eigenvalue weighted by Gasteiger charge is 2.15. The number of hydrogen-bond acceptors (Lipinski definition) is 1. The van der Waals surface area contributed by atoms with Crippen molar-refractivity contribution in [2.45, 2.75) is 19.8 Å². The second-order valence-corrected chi connectivity index (χ2v) is 3.53. The predicted octanol–water partition coefficient (Wildman–Crippen LogP) is 2.90. The molecule has 0 aromatic heterocycles. The van der Waals surface area contributed by atoms with Crippen LogP contribution in [-0.2, 0) is 11.2 Å². The Morgan fingerprint density at radius 1 is 1.40 bits per heavy atom. The summed E-state index contributed by atoms with van der Waals surface area (Å²) in [5, 5.41) is 9.03. The number of allylic oxidation sites excluding steroid dienone is 2. The van der Waals surface area contributed by atoms with Crippen molar-refractivity contribution in [1.82, 2.24) is 0 Å². The lowest BCUT2D eigenvalue weighted by atomic mass is 9.96. The van der Waals surface area contributed by atoms with Crippen molar-refractivity contribution in [1.29, 1.82) is 0 Å². The Balaban J connectivity index is 2.63. The van der Waals surface area contributed by atoms with Crippen LogP contribution in [0, 0.1) is 5.92 Å². The minimum atomic E-state index is -0.725. The Bertz CT molecular complexity index is 328. The summed E-state index contributed by atoms with van der Waals surface area (Å²) in [6, 6.07) is 9.73. The van der Waals surface area contributed by atoms with Gasteiger partial charge in [-0.3, -0.25) is 4.79 Å². The number of aliphatic carboxylic acids is 1. The van der Waals surface area contributed by atoms with Crippen molar-refractivity contribution >= 4 is 5.97 Å². The van der Waals surface area contributed by atoms with Gasteiger partial charge in [-0.2, -0.15) is 0 Å². The quantitative estimate of drug-likeness (QED) is 0.749. The Morgan fingerprint density at radius 2 is 2.07 bits per heavy atom. The normalized spacial score (nSPS) is 12.9. The lowest BCUT2D eigenvalue weighted by Gasteiger charge is -2.09. The minimum Gasteiger partial charge on any atom is -0.481 e. The highest BCUT2D eigenvalue weighted by molar-refractivity contribution is 5.70. The maximum Gasteiger partial charge on any atom is 0.307 e. The summed E-state index contributed by atoms with van der Waals surface area (Å²) in [6.07, 6.45) is 4.99. The van der Waals surface area contributed by atoms with E-state index in [2.05, 4.69) is 0 Å². The molecule has 0 amide bonds. The molecule has 15 heavy (non-hydrogen) atoms. The van der Waals surface area contributed by atoms with Crippen molar-refractivity contribution in [3.05, 3.63) is 48.0 Å². The number of carboxylic acid groups (broad SMARTS) is 1. The molecule has 0 radical (unpaired) electrons. The molecule has 0 aliphatic rings. The van der Waals surface area contributed by atoms with Crippen molar-refractivity contribution < 1.29 is 9.90 Å². The van der Waals surface area contributed by atoms with Gasteiger partial charge in [-0.1, -0.05) is 42.5 Å². The van der Waals surface area contributed by atoms with Gasteiger partial charge in [-0.25, -0.2) is 0 Å². The average Bonchev–Trinajstić information content (AvgIpc) is 2.25. The fraction of sp³-hybridized carbons (Fsp3) is 0.308. The number of hydrogen-bond donors (Lipinski definition) is 1. The molecule has 0 aliphatic heterocycles. The van der Waals surface area contributed by atoms with Crippen LogP contribution in [0.4, 0.5) is 0 Å². The van der Waals surface area contributed by atoms with Gasteiger partial charge < -0.3 is 5.11 Å². The second kappa shape index (κ2) is 6.02. The molecule has 1 aromatic rings. The molecule has 2 heteroatoms. The summed E-state index contributed by atoms with van der Waals surface area (Å²) < 4.78 is 0. The van der Waals surface area contributed by atoms with Crippen molar-refractivity contribution in [2.75, 3.05) is 0 Å². The first kappa shape index (κ1) is 11.5. The van der Waals surface area contributed by atoms with Gasteiger partial charge >= 0.3 is 5.97 Å². The molecule has 0 heterocycles. The molecule has 0 saturated heterocycles. The van der Waals surface area contributed by atoms with Crippen LogP contribution in [0.25, 0.3) is 0 Å². The Hall–Kier alpha value is -1.57. The molecule has 80 valence electrons. The topological polar surface area (TPSA) is 37.3 Å². The molecule has 1 unspecified atom stereocenters. The molecule has 1 N–H and O–H groups in total. The van der Waals surface area contributed by atoms with Gasteiger partial charge in [0.2, 0.25) is 0 Å². The lowest BCUT2D eigenvalue weighted by Crippen LogP contribution is -2.15. The smallest absolute Gasteiger partial charge is 0.307 e. The van der Waals surface area contributed by atoms with E-state index in [4.69, 9.17) is 5.11 Å². The first-order valence-electron chi connectivity index (χ1n) is 5.12. The van der Waals surface area contributed by atoms with E-state index < -0.39 is 5.97 Å². The Morgan fingerprint density at radius 3 is 2.60 bits per heavy atom. The zero-order valence-corrected chi connectivity index (χ0v) is 8.89. The molecular formula is C13H16O2. The predicted molar refractivity (Wildman–Crippen MR) is 60.7 cm³/mol. The monoisotopic (exact) mass is 204 g/mol. The molecule has 1 aromatic carbocycles. The van der Waals surface area contributed by atoms with Crippen LogP contribution in [0.2, 0.25) is 0 Å². The number of carbonyl (C=O) groups is 1. The number of benzene rings is 1. The van der Waals surface area contributed by atoms with Crippen LogP contribution in [-0.4, -0.2) is 11.1 Å². The first-order valence-corrected chi connectivity index (χ1v) is 5.12. The highest BCUT2D eigenvalue weighted by atomic mass is 16.4. The molecular weight excluding hydrogens is 188 g/mol. The number of carboxylic acids is 1. The zero-order chi connectivity index (χ0) is 11.1. The number of rotatable bonds is 5. The van der Waals surface area contributed by atoms with Crippen molar-refractivity contribution in [3.8, 4) is 0 Å². The fourth-order valence-corrected chi connectivity index (χ4v) is 1.47. The van der Waals surface area contributed by atoms with E-state index in [1.54, 1.807) is 0 Å². The van der Waals surface area contributed by atoms with Gasteiger partial charge in [-0.05, 0) is 25.3 Å². The van der Waals surface area contributed by atoms with Crippen LogP contribution in [0.3, 0.4) is 0 Å². The third kappa shape index (κ3) is 3.98. The molecule has 1 atom stereocenters. The van der Waals surface area contributed by atoms with Gasteiger partial charge in [0.15, 0.2) is 0 Å². The van der Waals surface area contributed by atoms with E-state index in [1.165, 1.54) is 0 Å². The maximum atomic E-state index is 11.0. The SMILES string of the molecule is C/C=C/CC(Cc1ccccc1)C(=O)O. The summed E-state index contributed by atoms with van der Waals surface area (Å²) in [7, 11) is 0. The lowest BCUT2D eigenvalue weighted by molar-refractivity contribution is -0.141. The van der Waals surface area contributed by atoms with Crippen LogP contribution >= 0.6 is 0 Å². The van der Waals surface area contributed by atoms with Crippen LogP contribution in [0.5, 0.6) is 0 Å². The maximum absolute atomic E-state index is 11.0. The first-order chi connectivity index (χ1) is 7.24. The highest BCUT2D eigenvalue weighted by Crippen LogP contribution is 2.13. The zero-order valence-electron chi connectivity index (χ0n) is 8.89. The molecule has 0 saturated carbocycles. The summed E-state index contributed by atoms with van der Waals surface area (Å²) in [4.78, 5) is 11.0. The van der Waals surface area contributed by atoms with E-state index in [1.807, 2.05) is 49.4 Å². The van der Waals surface area contributed by atoms with Crippen LogP contribution < -0.4 is 0 Å². The third-order valence-corrected chi connectivity index (χ3v) is 2.33. The van der Waals surface area contributed by atoms with E-state index in [-0.39, 0.29) is 5.92 Å². The van der Waals surface area contributed by atoms with Crippen molar-refractivity contribution in [2.24, 2.45) is 5.92 Å². The van der Waals surface area contributed by atoms with Crippen LogP contribution in [0.15, 0.2) is 42.5 Å². The largest absolute Gasteiger partial charge is 0.481 e. The van der Waals surface area contributed by atoms with Crippen molar-refractivity contribution in [3.63, 3.8) is 0 Å². The summed E-state index contributed by atoms with van der Waals surface area (Å²) in [5.74, 6) is -1.04. The third-order valence-electron chi connectivity index (χ3n) is 2.33. The molecule has 2 nitrogen and oxygen atoms in total. The van der Waals surface area contributed by atoms with E-state index in [0.717, 1.165) is 5.56 Å². The molecule has 0 spiro atoms. The van der Waals surface area contributed by atoms with Gasteiger partial charge in [0.05, 0.1) is 5.92 Å². The van der Waals surface area contributed by atoms with Crippen LogP contribution in [0.1, 0.15) is 18.9 Å². The second-order valence-electron chi connectivity index (χ2n) is 3.53. The Labute approximate surface area is 90.3 Å². The molecule has 0 fully saturated rings. The van der Waals surface area contributed by atoms with Gasteiger partial charge in [0.25, 0.3) is 0 Å². The standard InChI is InChI=1S/C13H16O2/c1-2-3-9-12(13(14)15)10-11-7-5-4-6-8-11/h2-8,12H,9-10H2,1H3,(H,14,15)/b3-2+. The Kier molecular flexibility index (Phi) is 4.61. The molecule has 1 rings (SSSR count). The molecule has 0 aliphatic carbocycles. The average molecular weight is 204 g/mol. The fourth-order valence-electron chi connectivity index (χ4n) is 1.47. The van der Waals surface area contributed by atoms with Gasteiger partial charge in [0.1, 0.15) is 0 Å². The van der Waals surface area contributed by atoms with E-state index >= 15 is 0 Å². The summed E-state index contributed by atoms with van der Waals surface area (Å²) in [5.41, 5.74) is 1.08. The summed E-state index contributed by atoms with van der Waals surface area (Å²) in [6.45, 7) is 1.90. The minimum absolute atomic E-state index is 0.316. The molecule has 0 bridgehead atoms. The van der Waals surface area contributed by atoms with E-state index in [9.17, 15) is 4.79 Å². The van der Waals surface area contributed by atoms with Gasteiger partial charge in [0, 0.05) is 0 Å². The van der Waals surface area contributed by atoms with Gasteiger partial charge in [-0.15, -0.1) is 0 Å².